The minimum Gasteiger partial charge on any atom is -0.336 e. The Hall–Kier alpha value is -1.30. The van der Waals surface area contributed by atoms with E-state index in [4.69, 9.17) is 23.2 Å². The first-order chi connectivity index (χ1) is 9.90. The molecule has 21 heavy (non-hydrogen) atoms. The molecule has 2 rings (SSSR count). The number of hydrogen-bond donors (Lipinski definition) is 2. The van der Waals surface area contributed by atoms with Crippen LogP contribution in [0.15, 0.2) is 18.2 Å². The minimum atomic E-state index is -0.490. The number of halogens is 2. The summed E-state index contributed by atoms with van der Waals surface area (Å²) < 4.78 is 0. The number of imide groups is 1. The van der Waals surface area contributed by atoms with Gasteiger partial charge in [-0.2, -0.15) is 0 Å². The molecule has 1 saturated heterocycles. The Bertz CT molecular complexity index is 565. The fourth-order valence-electron chi connectivity index (χ4n) is 2.30. The van der Waals surface area contributed by atoms with Crippen molar-refractivity contribution in [2.24, 2.45) is 0 Å². The number of carbonyl (C=O) groups is 2. The Labute approximate surface area is 133 Å². The summed E-state index contributed by atoms with van der Waals surface area (Å²) in [7, 11) is 0. The summed E-state index contributed by atoms with van der Waals surface area (Å²) in [5.74, 6) is -0.248. The van der Waals surface area contributed by atoms with Gasteiger partial charge in [-0.15, -0.1) is 0 Å². The first kappa shape index (κ1) is 16.1. The lowest BCUT2D eigenvalue weighted by Crippen LogP contribution is -2.46. The average molecular weight is 330 g/mol. The SMILES string of the molecule is C[C@@H](N[C@H](C)c1ccc(Cl)cc1Cl)C(=O)N1CCNC1=O. The first-order valence-electron chi connectivity index (χ1n) is 6.70. The first-order valence-corrected chi connectivity index (χ1v) is 7.46. The molecule has 3 amide bonds. The van der Waals surface area contributed by atoms with Crippen molar-refractivity contribution in [2.45, 2.75) is 25.9 Å². The van der Waals surface area contributed by atoms with Crippen molar-refractivity contribution >= 4 is 35.1 Å². The van der Waals surface area contributed by atoms with Gasteiger partial charge in [0.1, 0.15) is 0 Å². The van der Waals surface area contributed by atoms with Crippen LogP contribution in [0.5, 0.6) is 0 Å². The summed E-state index contributed by atoms with van der Waals surface area (Å²) >= 11 is 12.0. The van der Waals surface area contributed by atoms with Gasteiger partial charge in [0.15, 0.2) is 0 Å². The van der Waals surface area contributed by atoms with Crippen LogP contribution >= 0.6 is 23.2 Å². The minimum absolute atomic E-state index is 0.139. The predicted octanol–water partition coefficient (Wildman–Crippen LogP) is 2.58. The zero-order valence-electron chi connectivity index (χ0n) is 11.8. The van der Waals surface area contributed by atoms with E-state index in [2.05, 4.69) is 10.6 Å². The highest BCUT2D eigenvalue weighted by molar-refractivity contribution is 6.35. The van der Waals surface area contributed by atoms with E-state index in [9.17, 15) is 9.59 Å². The van der Waals surface area contributed by atoms with Gasteiger partial charge in [0.2, 0.25) is 5.91 Å². The third-order valence-electron chi connectivity index (χ3n) is 3.42. The maximum absolute atomic E-state index is 12.2. The molecule has 5 nitrogen and oxygen atoms in total. The predicted molar refractivity (Wildman–Crippen MR) is 82.6 cm³/mol. The van der Waals surface area contributed by atoms with Crippen LogP contribution in [0.2, 0.25) is 10.0 Å². The molecule has 1 aliphatic rings. The van der Waals surface area contributed by atoms with Crippen LogP contribution < -0.4 is 10.6 Å². The molecular formula is C14H17Cl2N3O2. The van der Waals surface area contributed by atoms with E-state index in [-0.39, 0.29) is 18.0 Å². The van der Waals surface area contributed by atoms with Crippen molar-refractivity contribution in [3.8, 4) is 0 Å². The molecule has 1 heterocycles. The quantitative estimate of drug-likeness (QED) is 0.892. The average Bonchev–Trinajstić information content (AvgIpc) is 2.83. The number of nitrogens with zero attached hydrogens (tertiary/aromatic N) is 1. The molecule has 0 spiro atoms. The smallest absolute Gasteiger partial charge is 0.324 e. The zero-order chi connectivity index (χ0) is 15.6. The molecule has 0 aliphatic carbocycles. The molecule has 0 bridgehead atoms. The molecule has 1 aromatic carbocycles. The number of rotatable bonds is 4. The molecule has 0 saturated carbocycles. The van der Waals surface area contributed by atoms with E-state index in [1.165, 1.54) is 4.90 Å². The van der Waals surface area contributed by atoms with Crippen LogP contribution in [0.25, 0.3) is 0 Å². The molecule has 114 valence electrons. The molecular weight excluding hydrogens is 313 g/mol. The molecule has 7 heteroatoms. The summed E-state index contributed by atoms with van der Waals surface area (Å²) in [5, 5.41) is 6.87. The van der Waals surface area contributed by atoms with Crippen molar-refractivity contribution in [2.75, 3.05) is 13.1 Å². The van der Waals surface area contributed by atoms with E-state index in [1.54, 1.807) is 19.1 Å². The molecule has 1 aromatic rings. The highest BCUT2D eigenvalue weighted by Gasteiger charge is 2.30. The Morgan fingerprint density at radius 2 is 2.10 bits per heavy atom. The Balaban J connectivity index is 2.03. The van der Waals surface area contributed by atoms with Crippen molar-refractivity contribution in [1.82, 2.24) is 15.5 Å². The lowest BCUT2D eigenvalue weighted by molar-refractivity contribution is -0.129. The van der Waals surface area contributed by atoms with Gasteiger partial charge in [-0.1, -0.05) is 29.3 Å². The van der Waals surface area contributed by atoms with Gasteiger partial charge in [0.05, 0.1) is 6.04 Å². The summed E-state index contributed by atoms with van der Waals surface area (Å²) in [5.41, 5.74) is 0.853. The van der Waals surface area contributed by atoms with Gasteiger partial charge in [-0.3, -0.25) is 15.0 Å². The molecule has 1 aliphatic heterocycles. The number of amides is 3. The highest BCUT2D eigenvalue weighted by atomic mass is 35.5. The standard InChI is InChI=1S/C14H17Cl2N3O2/c1-8(11-4-3-10(15)7-12(11)16)18-9(2)13(20)19-6-5-17-14(19)21/h3-4,7-9,18H,5-6H2,1-2H3,(H,17,21)/t8-,9-/m1/s1. The summed E-state index contributed by atoms with van der Waals surface area (Å²) in [6, 6.07) is 4.27. The van der Waals surface area contributed by atoms with Gasteiger partial charge in [-0.25, -0.2) is 4.79 Å². The fraction of sp³-hybridized carbons (Fsp3) is 0.429. The normalized spacial score (nSPS) is 17.5. The van der Waals surface area contributed by atoms with Crippen molar-refractivity contribution in [1.29, 1.82) is 0 Å². The van der Waals surface area contributed by atoms with Crippen LogP contribution in [0.1, 0.15) is 25.5 Å². The second-order valence-electron chi connectivity index (χ2n) is 5.00. The van der Waals surface area contributed by atoms with Gasteiger partial charge in [-0.05, 0) is 31.5 Å². The molecule has 2 atom stereocenters. The molecule has 1 fully saturated rings. The van der Waals surface area contributed by atoms with E-state index in [0.29, 0.717) is 23.1 Å². The second kappa shape index (κ2) is 6.64. The number of carbonyl (C=O) groups excluding carboxylic acids is 2. The van der Waals surface area contributed by atoms with E-state index >= 15 is 0 Å². The van der Waals surface area contributed by atoms with Crippen molar-refractivity contribution in [3.05, 3.63) is 33.8 Å². The van der Waals surface area contributed by atoms with Gasteiger partial charge in [0, 0.05) is 29.2 Å². The van der Waals surface area contributed by atoms with Gasteiger partial charge in [0.25, 0.3) is 0 Å². The lowest BCUT2D eigenvalue weighted by atomic mass is 10.1. The monoisotopic (exact) mass is 329 g/mol. The summed E-state index contributed by atoms with van der Waals surface area (Å²) in [6.07, 6.45) is 0. The third kappa shape index (κ3) is 3.67. The summed E-state index contributed by atoms with van der Waals surface area (Å²) in [6.45, 7) is 4.53. The topological polar surface area (TPSA) is 61.4 Å². The number of nitrogens with one attached hydrogen (secondary N) is 2. The maximum Gasteiger partial charge on any atom is 0.324 e. The fourth-order valence-corrected chi connectivity index (χ4v) is 2.88. The van der Waals surface area contributed by atoms with Crippen molar-refractivity contribution in [3.63, 3.8) is 0 Å². The van der Waals surface area contributed by atoms with E-state index in [0.717, 1.165) is 5.56 Å². The van der Waals surface area contributed by atoms with E-state index < -0.39 is 6.04 Å². The number of hydrogen-bond acceptors (Lipinski definition) is 3. The zero-order valence-corrected chi connectivity index (χ0v) is 13.3. The number of benzene rings is 1. The van der Waals surface area contributed by atoms with Gasteiger partial charge >= 0.3 is 6.03 Å². The molecule has 0 radical (unpaired) electrons. The summed E-state index contributed by atoms with van der Waals surface area (Å²) in [4.78, 5) is 24.9. The third-order valence-corrected chi connectivity index (χ3v) is 3.98. The lowest BCUT2D eigenvalue weighted by Gasteiger charge is -2.23. The highest BCUT2D eigenvalue weighted by Crippen LogP contribution is 2.26. The van der Waals surface area contributed by atoms with Crippen molar-refractivity contribution < 1.29 is 9.59 Å². The van der Waals surface area contributed by atoms with E-state index in [1.807, 2.05) is 13.0 Å². The van der Waals surface area contributed by atoms with Gasteiger partial charge < -0.3 is 5.32 Å². The van der Waals surface area contributed by atoms with Crippen LogP contribution in [0, 0.1) is 0 Å². The maximum atomic E-state index is 12.2. The largest absolute Gasteiger partial charge is 0.336 e. The van der Waals surface area contributed by atoms with Crippen LogP contribution in [-0.4, -0.2) is 36.0 Å². The Morgan fingerprint density at radius 3 is 2.67 bits per heavy atom. The number of urea groups is 1. The molecule has 0 aromatic heterocycles. The van der Waals surface area contributed by atoms with Crippen LogP contribution in [0.4, 0.5) is 4.79 Å². The molecule has 2 N–H and O–H groups in total. The van der Waals surface area contributed by atoms with Crippen LogP contribution in [-0.2, 0) is 4.79 Å². The Morgan fingerprint density at radius 1 is 1.38 bits per heavy atom. The molecule has 0 unspecified atom stereocenters. The second-order valence-corrected chi connectivity index (χ2v) is 5.84. The van der Waals surface area contributed by atoms with Crippen LogP contribution in [0.3, 0.4) is 0 Å². The Kier molecular flexibility index (Phi) is 5.08.